The highest BCUT2D eigenvalue weighted by molar-refractivity contribution is 6.35. The number of likely N-dealkylation sites (tertiary alicyclic amines) is 2. The number of piperidine rings is 2. The van der Waals surface area contributed by atoms with Crippen molar-refractivity contribution in [3.63, 3.8) is 0 Å². The van der Waals surface area contributed by atoms with E-state index in [4.69, 9.17) is 47.4 Å². The molecule has 5 heterocycles. The van der Waals surface area contributed by atoms with Gasteiger partial charge < -0.3 is 39.6 Å². The Balaban J connectivity index is 0.861. The van der Waals surface area contributed by atoms with Gasteiger partial charge in [-0.2, -0.15) is 0 Å². The van der Waals surface area contributed by atoms with E-state index >= 15 is 0 Å². The number of alkyl carbamates (subject to hydrolysis) is 2. The number of allylic oxidation sites excluding steroid dienone is 1. The highest BCUT2D eigenvalue weighted by atomic mass is 35.5. The summed E-state index contributed by atoms with van der Waals surface area (Å²) < 4.78 is 15.2. The van der Waals surface area contributed by atoms with Gasteiger partial charge in [-0.25, -0.2) is 19.6 Å². The predicted octanol–water partition coefficient (Wildman–Crippen LogP) is 7.09. The lowest BCUT2D eigenvalue weighted by Gasteiger charge is -2.36. The SMILES string of the molecule is CC[C@H](NC(=O)OC)C(=O)N1[C@@H]2C[C@@H]2C[C@H]1c1nc(-c2ccc(-c3ccc(C4=C(Cl)N=C([C@@H]5C[C@H]6C[C@H]6N5C(=O)[C@@H](NC(=O)OC)C5CCOCC5)C4)cc3)cc2)c(Cl)[nH]1. The van der Waals surface area contributed by atoms with Crippen molar-refractivity contribution in [3.8, 4) is 22.4 Å². The number of carbonyl (C=O) groups excluding carboxylic acids is 4. The zero-order valence-electron chi connectivity index (χ0n) is 33.8. The van der Waals surface area contributed by atoms with Crippen LogP contribution in [0.25, 0.3) is 28.0 Å². The van der Waals surface area contributed by atoms with Gasteiger partial charge in [0.05, 0.1) is 26.3 Å². The van der Waals surface area contributed by atoms with Gasteiger partial charge in [0.2, 0.25) is 11.8 Å². The van der Waals surface area contributed by atoms with Gasteiger partial charge in [-0.15, -0.1) is 0 Å². The molecule has 1 aromatic heterocycles. The van der Waals surface area contributed by atoms with Crippen LogP contribution < -0.4 is 10.6 Å². The third-order valence-corrected chi connectivity index (χ3v) is 13.9. The summed E-state index contributed by atoms with van der Waals surface area (Å²) in [5.74, 6) is 1.20. The Bertz CT molecular complexity index is 2240. The molecule has 16 heteroatoms. The molecule has 2 saturated carbocycles. The van der Waals surface area contributed by atoms with E-state index in [1.165, 1.54) is 14.2 Å². The summed E-state index contributed by atoms with van der Waals surface area (Å²) in [7, 11) is 2.60. The molecule has 60 heavy (non-hydrogen) atoms. The van der Waals surface area contributed by atoms with Crippen LogP contribution in [0.1, 0.15) is 75.7 Å². The van der Waals surface area contributed by atoms with E-state index in [-0.39, 0.29) is 41.9 Å². The first kappa shape index (κ1) is 40.5. The molecule has 2 aliphatic carbocycles. The fourth-order valence-electron chi connectivity index (χ4n) is 9.89. The second kappa shape index (κ2) is 16.5. The first-order valence-electron chi connectivity index (χ1n) is 20.9. The number of amides is 4. The molecule has 14 nitrogen and oxygen atoms in total. The summed E-state index contributed by atoms with van der Waals surface area (Å²) in [4.78, 5) is 69.1. The number of ether oxygens (including phenoxy) is 3. The van der Waals surface area contributed by atoms with Crippen molar-refractivity contribution in [2.24, 2.45) is 22.7 Å². The lowest BCUT2D eigenvalue weighted by molar-refractivity contribution is -0.137. The Kier molecular flexibility index (Phi) is 11.1. The number of carbonyl (C=O) groups is 4. The molecule has 2 aromatic carbocycles. The Morgan fingerprint density at radius 2 is 1.37 bits per heavy atom. The number of imidazole rings is 1. The molecule has 3 N–H and O–H groups in total. The summed E-state index contributed by atoms with van der Waals surface area (Å²) >= 11 is 13.6. The van der Waals surface area contributed by atoms with Crippen molar-refractivity contribution in [2.75, 3.05) is 27.4 Å². The fraction of sp³-hybridized carbons (Fsp3) is 0.500. The van der Waals surface area contributed by atoms with Gasteiger partial charge in [0.1, 0.15) is 33.9 Å². The van der Waals surface area contributed by atoms with Gasteiger partial charge >= 0.3 is 12.2 Å². The van der Waals surface area contributed by atoms with Crippen molar-refractivity contribution in [1.29, 1.82) is 0 Å². The minimum Gasteiger partial charge on any atom is -0.453 e. The van der Waals surface area contributed by atoms with Gasteiger partial charge in [0, 0.05) is 48.6 Å². The van der Waals surface area contributed by atoms with E-state index in [2.05, 4.69) is 39.9 Å². The molecule has 4 aliphatic heterocycles. The zero-order chi connectivity index (χ0) is 41.8. The molecule has 3 aromatic rings. The van der Waals surface area contributed by atoms with Crippen molar-refractivity contribution >= 4 is 58.5 Å². The largest absolute Gasteiger partial charge is 0.453 e. The van der Waals surface area contributed by atoms with Crippen LogP contribution in [0.5, 0.6) is 0 Å². The monoisotopic (exact) mass is 857 g/mol. The van der Waals surface area contributed by atoms with Crippen LogP contribution in [0, 0.1) is 17.8 Å². The molecule has 5 fully saturated rings. The second-order valence-corrected chi connectivity index (χ2v) is 17.5. The number of aromatic amines is 1. The molecule has 6 aliphatic rings. The number of aromatic nitrogens is 2. The van der Waals surface area contributed by atoms with Crippen LogP contribution in [0.2, 0.25) is 5.15 Å². The van der Waals surface area contributed by atoms with E-state index < -0.39 is 24.3 Å². The molecule has 0 unspecified atom stereocenters. The Hall–Kier alpha value is -4.92. The third-order valence-electron chi connectivity index (χ3n) is 13.3. The summed E-state index contributed by atoms with van der Waals surface area (Å²) in [5.41, 5.74) is 6.24. The normalized spacial score (nSPS) is 26.5. The fourth-order valence-corrected chi connectivity index (χ4v) is 10.4. The van der Waals surface area contributed by atoms with E-state index in [1.807, 2.05) is 41.0 Å². The average Bonchev–Trinajstić information content (AvgIpc) is 3.98. The van der Waals surface area contributed by atoms with E-state index in [0.717, 1.165) is 59.2 Å². The van der Waals surface area contributed by atoms with Gasteiger partial charge in [0.25, 0.3) is 0 Å². The second-order valence-electron chi connectivity index (χ2n) is 16.8. The number of methoxy groups -OCH3 is 2. The molecule has 9 rings (SSSR count). The van der Waals surface area contributed by atoms with E-state index in [9.17, 15) is 19.2 Å². The number of benzene rings is 2. The Morgan fingerprint density at radius 1 is 0.800 bits per heavy atom. The molecule has 3 saturated heterocycles. The number of hydrogen-bond acceptors (Lipinski definition) is 9. The number of rotatable bonds is 11. The zero-order valence-corrected chi connectivity index (χ0v) is 35.3. The molecule has 316 valence electrons. The minimum atomic E-state index is -0.688. The van der Waals surface area contributed by atoms with E-state index in [0.29, 0.717) is 72.6 Å². The van der Waals surface area contributed by atoms with Crippen molar-refractivity contribution < 1.29 is 33.4 Å². The summed E-state index contributed by atoms with van der Waals surface area (Å²) in [6.07, 6.45) is 4.64. The van der Waals surface area contributed by atoms with E-state index in [1.54, 1.807) is 0 Å². The van der Waals surface area contributed by atoms with Crippen LogP contribution in [-0.4, -0.2) is 107 Å². The molecular formula is C44H49Cl2N7O7. The van der Waals surface area contributed by atoms with Gasteiger partial charge in [0.15, 0.2) is 0 Å². The number of aliphatic imine (C=N–C) groups is 1. The molecule has 0 radical (unpaired) electrons. The number of H-pyrrole nitrogens is 1. The highest BCUT2D eigenvalue weighted by Gasteiger charge is 2.58. The van der Waals surface area contributed by atoms with Crippen LogP contribution in [-0.2, 0) is 23.8 Å². The van der Waals surface area contributed by atoms with Crippen LogP contribution in [0.15, 0.2) is 58.7 Å². The number of nitrogens with one attached hydrogen (secondary N) is 3. The number of halogens is 2. The molecule has 8 atom stereocenters. The maximum Gasteiger partial charge on any atom is 0.407 e. The maximum atomic E-state index is 14.3. The van der Waals surface area contributed by atoms with Crippen molar-refractivity contribution in [3.05, 3.63) is 70.2 Å². The summed E-state index contributed by atoms with van der Waals surface area (Å²) in [5, 5.41) is 6.36. The van der Waals surface area contributed by atoms with Crippen molar-refractivity contribution in [2.45, 2.75) is 94.5 Å². The lowest BCUT2D eigenvalue weighted by atomic mass is 9.90. The summed E-state index contributed by atoms with van der Waals surface area (Å²) in [6, 6.07) is 14.7. The Labute approximate surface area is 358 Å². The van der Waals surface area contributed by atoms with Crippen molar-refractivity contribution in [1.82, 2.24) is 30.4 Å². The van der Waals surface area contributed by atoms with Crippen LogP contribution in [0.4, 0.5) is 9.59 Å². The number of nitrogens with zero attached hydrogens (tertiary/aromatic N) is 4. The standard InChI is InChI=1S/C44H49Cl2N7O7/c1-4-30(48-43(56)58-2)41(54)53-33-18-28(33)20-35(53)40-49-36(39(46)51-40)25-11-7-23(8-12-25)22-5-9-24(10-6-22)29-21-31(47-38(29)45)34-19-27-17-32(27)52(34)42(55)37(50-44(57)59-3)26-13-15-60-16-14-26/h5-12,26-28,30,32-35,37H,4,13-21H2,1-3H3,(H,48,56)(H,49,51)(H,50,57)/t27-,28-,30+,32-,33-,34+,35+,37+/m1/s1. The highest BCUT2D eigenvalue weighted by Crippen LogP contribution is 2.54. The molecule has 0 bridgehead atoms. The van der Waals surface area contributed by atoms with Gasteiger partial charge in [-0.1, -0.05) is 78.7 Å². The quantitative estimate of drug-likeness (QED) is 0.172. The number of hydrogen-bond donors (Lipinski definition) is 3. The summed E-state index contributed by atoms with van der Waals surface area (Å²) in [6.45, 7) is 2.97. The first-order valence-corrected chi connectivity index (χ1v) is 21.7. The smallest absolute Gasteiger partial charge is 0.407 e. The first-order chi connectivity index (χ1) is 29.1. The molecule has 4 amide bonds. The van der Waals surface area contributed by atoms with Crippen LogP contribution in [0.3, 0.4) is 0 Å². The predicted molar refractivity (Wildman–Crippen MR) is 225 cm³/mol. The topological polar surface area (TPSA) is 168 Å². The molecule has 0 spiro atoms. The van der Waals surface area contributed by atoms with Crippen LogP contribution >= 0.6 is 23.2 Å². The Morgan fingerprint density at radius 3 is 1.98 bits per heavy atom. The average molecular weight is 859 g/mol. The van der Waals surface area contributed by atoms with Gasteiger partial charge in [-0.05, 0) is 79.4 Å². The van der Waals surface area contributed by atoms with Gasteiger partial charge in [-0.3, -0.25) is 9.59 Å². The lowest BCUT2D eigenvalue weighted by Crippen LogP contribution is -2.56. The maximum absolute atomic E-state index is 14.3. The third kappa shape index (κ3) is 7.66. The molecular weight excluding hydrogens is 809 g/mol. The number of fused-ring (bicyclic) bond motifs is 2. The minimum absolute atomic E-state index is 0.0343.